The second kappa shape index (κ2) is 11.1. The van der Waals surface area contributed by atoms with Crippen molar-refractivity contribution in [2.75, 3.05) is 17.7 Å². The number of pyridine rings is 2. The molecule has 0 unspecified atom stereocenters. The molecule has 40 heavy (non-hydrogen) atoms. The summed E-state index contributed by atoms with van der Waals surface area (Å²) >= 11 is 0. The normalized spacial score (nSPS) is 14.2. The molecule has 4 aromatic rings. The van der Waals surface area contributed by atoms with E-state index in [-0.39, 0.29) is 17.3 Å². The zero-order valence-electron chi connectivity index (χ0n) is 22.4. The molecule has 2 heterocycles. The molecule has 0 atom stereocenters. The number of hydrogen-bond donors (Lipinski definition) is 2. The number of carbonyl (C=O) groups is 2. The van der Waals surface area contributed by atoms with Crippen LogP contribution in [0.15, 0.2) is 84.1 Å². The van der Waals surface area contributed by atoms with Crippen LogP contribution in [0.4, 0.5) is 15.8 Å². The topological polar surface area (TPSA) is 106 Å². The van der Waals surface area contributed by atoms with Crippen molar-refractivity contribution in [1.82, 2.24) is 9.97 Å². The number of hydrogen-bond acceptors (Lipinski definition) is 6. The quantitative estimate of drug-likeness (QED) is 0.205. The van der Waals surface area contributed by atoms with E-state index in [0.29, 0.717) is 46.6 Å². The molecule has 2 aromatic heterocycles. The van der Waals surface area contributed by atoms with Crippen LogP contribution in [-0.4, -0.2) is 34.5 Å². The molecule has 0 aliphatic heterocycles. The molecule has 2 N–H and O–H groups in total. The number of nitrogens with one attached hydrogen (secondary N) is 2. The number of aromatic nitrogens is 2. The first-order valence-corrected chi connectivity index (χ1v) is 12.8. The first-order valence-electron chi connectivity index (χ1n) is 12.8. The number of amides is 2. The maximum atomic E-state index is 15.1. The zero-order chi connectivity index (χ0) is 28.3. The number of benzene rings is 2. The van der Waals surface area contributed by atoms with E-state index in [1.807, 2.05) is 38.1 Å². The first kappa shape index (κ1) is 26.7. The van der Waals surface area contributed by atoms with Crippen LogP contribution in [0.2, 0.25) is 0 Å². The molecule has 2 aromatic carbocycles. The average molecular weight is 538 g/mol. The largest absolute Gasteiger partial charge is 0.453 e. The number of nitrogens with zero attached hydrogens (tertiary/aromatic N) is 3. The molecule has 202 valence electrons. The molecule has 0 bridgehead atoms. The Kier molecular flexibility index (Phi) is 7.37. The summed E-state index contributed by atoms with van der Waals surface area (Å²) < 4.78 is 20.9. The summed E-state index contributed by atoms with van der Waals surface area (Å²) in [7, 11) is 1.69. The number of aryl methyl sites for hydroxylation is 1. The molecule has 5 rings (SSSR count). The summed E-state index contributed by atoms with van der Waals surface area (Å²) in [5.41, 5.74) is 2.73. The molecule has 0 radical (unpaired) electrons. The third-order valence-corrected chi connectivity index (χ3v) is 6.75. The number of anilines is 2. The number of allylic oxidation sites excluding steroid dienone is 2. The lowest BCUT2D eigenvalue weighted by atomic mass is 10.0. The zero-order valence-corrected chi connectivity index (χ0v) is 22.4. The second-order valence-electron chi connectivity index (χ2n) is 9.61. The second-order valence-corrected chi connectivity index (χ2v) is 9.61. The molecule has 1 saturated carbocycles. The van der Waals surface area contributed by atoms with Gasteiger partial charge in [0.05, 0.1) is 22.3 Å². The highest BCUT2D eigenvalue weighted by Gasteiger charge is 2.56. The Morgan fingerprint density at radius 2 is 1.68 bits per heavy atom. The summed E-state index contributed by atoms with van der Waals surface area (Å²) in [6, 6.07) is 14.9. The third-order valence-electron chi connectivity index (χ3n) is 6.75. The average Bonchev–Trinajstić information content (AvgIpc) is 3.77. The van der Waals surface area contributed by atoms with Crippen LogP contribution in [0, 0.1) is 18.2 Å². The third kappa shape index (κ3) is 5.44. The number of aliphatic imine (C=N–C) groups is 1. The number of halogens is 1. The van der Waals surface area contributed by atoms with Crippen LogP contribution < -0.4 is 15.4 Å². The maximum absolute atomic E-state index is 15.1. The predicted molar refractivity (Wildman–Crippen MR) is 153 cm³/mol. The van der Waals surface area contributed by atoms with Crippen molar-refractivity contribution < 1.29 is 18.7 Å². The van der Waals surface area contributed by atoms with Crippen molar-refractivity contribution in [1.29, 1.82) is 0 Å². The van der Waals surface area contributed by atoms with Crippen molar-refractivity contribution >= 4 is 39.8 Å². The summed E-state index contributed by atoms with van der Waals surface area (Å²) in [4.78, 5) is 39.0. The van der Waals surface area contributed by atoms with E-state index < -0.39 is 17.1 Å². The summed E-state index contributed by atoms with van der Waals surface area (Å²) in [6.45, 7) is 3.85. The van der Waals surface area contributed by atoms with Gasteiger partial charge >= 0.3 is 0 Å². The van der Waals surface area contributed by atoms with Crippen molar-refractivity contribution in [3.8, 4) is 11.5 Å². The Balaban J connectivity index is 1.29. The minimum Gasteiger partial charge on any atom is -0.453 e. The van der Waals surface area contributed by atoms with Crippen LogP contribution >= 0.6 is 0 Å². The van der Waals surface area contributed by atoms with Gasteiger partial charge in [0.2, 0.25) is 11.8 Å². The highest BCUT2D eigenvalue weighted by molar-refractivity contribution is 6.17. The smallest absolute Gasteiger partial charge is 0.240 e. The van der Waals surface area contributed by atoms with E-state index in [0.717, 1.165) is 5.56 Å². The van der Waals surface area contributed by atoms with Crippen LogP contribution in [0.25, 0.3) is 10.9 Å². The number of ether oxygens (including phenoxy) is 1. The van der Waals surface area contributed by atoms with Crippen molar-refractivity contribution in [3.05, 3.63) is 96.2 Å². The lowest BCUT2D eigenvalue weighted by molar-refractivity contribution is -0.131. The standard InChI is InChI=1S/C31H28FN5O3/c1-4-5-24(33-3)26-17-25-22(18-35-26)27(12-15-34-25)40-28-11-10-21(16-23(28)32)37-30(39)31(13-14-31)29(38)36-20-8-6-19(2)7-9-20/h4-12,15-18H,13-14H2,1-3H3,(H,36,38)(H,37,39)/b5-4-,33-24?. The van der Waals surface area contributed by atoms with E-state index in [9.17, 15) is 9.59 Å². The predicted octanol–water partition coefficient (Wildman–Crippen LogP) is 6.22. The van der Waals surface area contributed by atoms with Crippen LogP contribution in [0.5, 0.6) is 11.5 Å². The van der Waals surface area contributed by atoms with Gasteiger partial charge in [0.15, 0.2) is 11.6 Å². The van der Waals surface area contributed by atoms with Gasteiger partial charge in [0, 0.05) is 36.9 Å². The number of fused-ring (bicyclic) bond motifs is 1. The number of rotatable bonds is 8. The molecule has 1 aliphatic rings. The van der Waals surface area contributed by atoms with Gasteiger partial charge in [-0.05, 0) is 69.2 Å². The Bertz CT molecular complexity index is 1660. The fourth-order valence-corrected chi connectivity index (χ4v) is 4.28. The minimum atomic E-state index is -1.17. The first-order chi connectivity index (χ1) is 19.3. The molecule has 8 nitrogen and oxygen atoms in total. The summed E-state index contributed by atoms with van der Waals surface area (Å²) in [5, 5.41) is 6.09. The fraction of sp³-hybridized carbons (Fsp3) is 0.194. The fourth-order valence-electron chi connectivity index (χ4n) is 4.28. The number of carbonyl (C=O) groups excluding carboxylic acids is 2. The molecule has 1 fully saturated rings. The molecule has 2 amide bonds. The molecular weight excluding hydrogens is 509 g/mol. The van der Waals surface area contributed by atoms with Crippen molar-refractivity contribution in [2.24, 2.45) is 10.4 Å². The van der Waals surface area contributed by atoms with Gasteiger partial charge in [0.25, 0.3) is 0 Å². The maximum Gasteiger partial charge on any atom is 0.240 e. The summed E-state index contributed by atoms with van der Waals surface area (Å²) in [6.07, 6.45) is 7.76. The van der Waals surface area contributed by atoms with E-state index in [4.69, 9.17) is 4.74 Å². The lowest BCUT2D eigenvalue weighted by Crippen LogP contribution is -2.35. The monoisotopic (exact) mass is 537 g/mol. The van der Waals surface area contributed by atoms with Crippen LogP contribution in [0.1, 0.15) is 31.0 Å². The highest BCUT2D eigenvalue weighted by atomic mass is 19.1. The Morgan fingerprint density at radius 3 is 2.33 bits per heavy atom. The van der Waals surface area contributed by atoms with Gasteiger partial charge in [-0.25, -0.2) is 4.39 Å². The molecule has 0 saturated heterocycles. The molecule has 9 heteroatoms. The molecule has 1 aliphatic carbocycles. The van der Waals surface area contributed by atoms with Gasteiger partial charge in [-0.2, -0.15) is 0 Å². The van der Waals surface area contributed by atoms with Crippen molar-refractivity contribution in [3.63, 3.8) is 0 Å². The van der Waals surface area contributed by atoms with Gasteiger partial charge in [-0.3, -0.25) is 24.5 Å². The molecule has 0 spiro atoms. The Morgan fingerprint density at radius 1 is 0.975 bits per heavy atom. The van der Waals surface area contributed by atoms with E-state index in [1.165, 1.54) is 18.2 Å². The van der Waals surface area contributed by atoms with Gasteiger partial charge in [-0.15, -0.1) is 0 Å². The minimum absolute atomic E-state index is 0.0300. The molecular formula is C31H28FN5O3. The van der Waals surface area contributed by atoms with Crippen LogP contribution in [-0.2, 0) is 9.59 Å². The van der Waals surface area contributed by atoms with E-state index in [2.05, 4.69) is 25.6 Å². The van der Waals surface area contributed by atoms with Crippen LogP contribution in [0.3, 0.4) is 0 Å². The van der Waals surface area contributed by atoms with E-state index in [1.54, 1.807) is 43.7 Å². The highest BCUT2D eigenvalue weighted by Crippen LogP contribution is 2.47. The Hall–Kier alpha value is -4.92. The lowest BCUT2D eigenvalue weighted by Gasteiger charge is -2.16. The SMILES string of the molecule is C/C=C\C(=NC)c1cc2nccc(Oc3ccc(NC(=O)C4(C(=O)Nc5ccc(C)cc5)CC4)cc3F)c2cn1. The van der Waals surface area contributed by atoms with Crippen molar-refractivity contribution in [2.45, 2.75) is 26.7 Å². The van der Waals surface area contributed by atoms with E-state index >= 15 is 4.39 Å². The van der Waals surface area contributed by atoms with Gasteiger partial charge in [-0.1, -0.05) is 23.8 Å². The Labute approximate surface area is 231 Å². The van der Waals surface area contributed by atoms with Gasteiger partial charge in [0.1, 0.15) is 11.2 Å². The van der Waals surface area contributed by atoms with Gasteiger partial charge < -0.3 is 15.4 Å². The summed E-state index contributed by atoms with van der Waals surface area (Å²) in [5.74, 6) is -1.17.